The number of aryl methyl sites for hydroxylation is 1. The number of nitrogens with zero attached hydrogens (tertiary/aromatic N) is 2. The third-order valence-corrected chi connectivity index (χ3v) is 6.15. The molecule has 1 saturated heterocycles. The van der Waals surface area contributed by atoms with E-state index in [0.29, 0.717) is 10.2 Å². The van der Waals surface area contributed by atoms with Crippen LogP contribution in [0.4, 0.5) is 10.8 Å². The Hall–Kier alpha value is -1.31. The topological polar surface area (TPSA) is 66.9 Å². The van der Waals surface area contributed by atoms with Crippen LogP contribution in [0.3, 0.4) is 0 Å². The summed E-state index contributed by atoms with van der Waals surface area (Å²) < 4.78 is 0.799. The van der Waals surface area contributed by atoms with Gasteiger partial charge in [-0.2, -0.15) is 0 Å². The van der Waals surface area contributed by atoms with Crippen LogP contribution in [0.15, 0.2) is 22.5 Å². The minimum Gasteiger partial charge on any atom is -0.355 e. The minimum absolute atomic E-state index is 0.0767. The van der Waals surface area contributed by atoms with Gasteiger partial charge in [0.25, 0.3) is 0 Å². The fourth-order valence-electron chi connectivity index (χ4n) is 2.25. The minimum atomic E-state index is -0.0767. The monoisotopic (exact) mass is 368 g/mol. The van der Waals surface area contributed by atoms with E-state index in [1.165, 1.54) is 23.1 Å². The first kappa shape index (κ1) is 16.5. The molecule has 8 heteroatoms. The van der Waals surface area contributed by atoms with E-state index in [4.69, 9.17) is 11.6 Å². The van der Waals surface area contributed by atoms with Crippen LogP contribution in [0, 0.1) is 6.92 Å². The fourth-order valence-corrected chi connectivity index (χ4v) is 4.51. The van der Waals surface area contributed by atoms with Crippen molar-refractivity contribution in [2.24, 2.45) is 0 Å². The van der Waals surface area contributed by atoms with Crippen molar-refractivity contribution >= 4 is 51.4 Å². The Morgan fingerprint density at radius 3 is 3.09 bits per heavy atom. The lowest BCUT2D eigenvalue weighted by Crippen LogP contribution is -2.30. The summed E-state index contributed by atoms with van der Waals surface area (Å²) in [7, 11) is 0. The van der Waals surface area contributed by atoms with E-state index in [-0.39, 0.29) is 11.2 Å². The van der Waals surface area contributed by atoms with Crippen molar-refractivity contribution in [2.75, 3.05) is 11.9 Å². The van der Waals surface area contributed by atoms with Crippen molar-refractivity contribution in [3.05, 3.63) is 28.8 Å². The van der Waals surface area contributed by atoms with Crippen LogP contribution >= 0.6 is 34.7 Å². The number of amides is 1. The van der Waals surface area contributed by atoms with Crippen molar-refractivity contribution in [1.29, 1.82) is 0 Å². The Morgan fingerprint density at radius 1 is 1.39 bits per heavy atom. The zero-order valence-corrected chi connectivity index (χ0v) is 15.0. The van der Waals surface area contributed by atoms with Gasteiger partial charge in [0.15, 0.2) is 4.34 Å². The summed E-state index contributed by atoms with van der Waals surface area (Å²) in [5, 5.41) is 15.8. The van der Waals surface area contributed by atoms with Crippen LogP contribution in [0.5, 0.6) is 0 Å². The van der Waals surface area contributed by atoms with Gasteiger partial charge in [-0.1, -0.05) is 47.2 Å². The van der Waals surface area contributed by atoms with Gasteiger partial charge < -0.3 is 10.6 Å². The maximum absolute atomic E-state index is 12.0. The first-order valence-corrected chi connectivity index (χ1v) is 9.50. The molecular weight excluding hydrogens is 352 g/mol. The number of nitrogens with one attached hydrogen (secondary N) is 2. The van der Waals surface area contributed by atoms with Gasteiger partial charge in [0, 0.05) is 17.3 Å². The standard InChI is InChI=1S/C15H17ClN4OS2/c1-9-5-6-10(8-11(9)16)18-14-19-20-15(23-14)22-12-4-2-3-7-17-13(12)21/h5-6,8,12H,2-4,7H2,1H3,(H,17,21)(H,18,19)/t12-/m0/s1. The average molecular weight is 369 g/mol. The number of thioether (sulfide) groups is 1. The molecule has 0 bridgehead atoms. The lowest BCUT2D eigenvalue weighted by molar-refractivity contribution is -0.120. The van der Waals surface area contributed by atoms with Crippen molar-refractivity contribution in [2.45, 2.75) is 35.8 Å². The molecule has 0 unspecified atom stereocenters. The van der Waals surface area contributed by atoms with Crippen molar-refractivity contribution in [3.8, 4) is 0 Å². The SMILES string of the molecule is Cc1ccc(Nc2nnc(S[C@H]3CCCCNC3=O)s2)cc1Cl. The Balaban J connectivity index is 1.65. The molecule has 0 aliphatic carbocycles. The molecule has 0 saturated carbocycles. The number of anilines is 2. The largest absolute Gasteiger partial charge is 0.355 e. The Morgan fingerprint density at radius 2 is 2.26 bits per heavy atom. The van der Waals surface area contributed by atoms with Gasteiger partial charge in [-0.25, -0.2) is 0 Å². The van der Waals surface area contributed by atoms with Gasteiger partial charge in [0.2, 0.25) is 11.0 Å². The van der Waals surface area contributed by atoms with Crippen LogP contribution in [0.2, 0.25) is 5.02 Å². The number of hydrogen-bond acceptors (Lipinski definition) is 6. The number of carbonyl (C=O) groups excluding carboxylic acids is 1. The van der Waals surface area contributed by atoms with Crippen LogP contribution in [-0.4, -0.2) is 27.9 Å². The summed E-state index contributed by atoms with van der Waals surface area (Å²) in [5.41, 5.74) is 1.91. The highest BCUT2D eigenvalue weighted by molar-refractivity contribution is 8.02. The summed E-state index contributed by atoms with van der Waals surface area (Å²) in [6.45, 7) is 2.73. The zero-order chi connectivity index (χ0) is 16.2. The molecule has 23 heavy (non-hydrogen) atoms. The predicted octanol–water partition coefficient (Wildman–Crippen LogP) is 4.00. The predicted molar refractivity (Wildman–Crippen MR) is 95.9 cm³/mol. The first-order valence-electron chi connectivity index (χ1n) is 7.43. The number of hydrogen-bond donors (Lipinski definition) is 2. The number of aromatic nitrogens is 2. The quantitative estimate of drug-likeness (QED) is 0.853. The van der Waals surface area contributed by atoms with E-state index >= 15 is 0 Å². The second-order valence-corrected chi connectivity index (χ2v) is 8.19. The summed E-state index contributed by atoms with van der Waals surface area (Å²) in [5.74, 6) is 0.0996. The lowest BCUT2D eigenvalue weighted by Gasteiger charge is -2.09. The molecule has 1 aliphatic rings. The van der Waals surface area contributed by atoms with Crippen molar-refractivity contribution in [3.63, 3.8) is 0 Å². The first-order chi connectivity index (χ1) is 11.1. The molecule has 3 rings (SSSR count). The lowest BCUT2D eigenvalue weighted by atomic mass is 10.2. The number of benzene rings is 1. The maximum Gasteiger partial charge on any atom is 0.233 e. The van der Waals surface area contributed by atoms with Crippen LogP contribution < -0.4 is 10.6 Å². The molecule has 2 aromatic rings. The molecular formula is C15H17ClN4OS2. The molecule has 1 aromatic carbocycles. The molecule has 122 valence electrons. The second kappa shape index (κ2) is 7.51. The second-order valence-electron chi connectivity index (χ2n) is 5.36. The highest BCUT2D eigenvalue weighted by Crippen LogP contribution is 2.33. The smallest absolute Gasteiger partial charge is 0.233 e. The van der Waals surface area contributed by atoms with Gasteiger partial charge in [-0.05, 0) is 37.5 Å². The molecule has 5 nitrogen and oxygen atoms in total. The molecule has 2 N–H and O–H groups in total. The van der Waals surface area contributed by atoms with Gasteiger partial charge >= 0.3 is 0 Å². The maximum atomic E-state index is 12.0. The van der Waals surface area contributed by atoms with Gasteiger partial charge in [0.05, 0.1) is 5.25 Å². The number of halogens is 1. The van der Waals surface area contributed by atoms with Crippen molar-refractivity contribution < 1.29 is 4.79 Å². The molecule has 0 radical (unpaired) electrons. The van der Waals surface area contributed by atoms with Crippen LogP contribution in [0.25, 0.3) is 0 Å². The van der Waals surface area contributed by atoms with E-state index in [1.54, 1.807) is 0 Å². The summed E-state index contributed by atoms with van der Waals surface area (Å²) >= 11 is 9.06. The molecule has 1 aromatic heterocycles. The van der Waals surface area contributed by atoms with E-state index in [9.17, 15) is 4.79 Å². The Kier molecular flexibility index (Phi) is 5.40. The van der Waals surface area contributed by atoms with Gasteiger partial charge in [0.1, 0.15) is 0 Å². The molecule has 1 aliphatic heterocycles. The third-order valence-electron chi connectivity index (χ3n) is 3.56. The third kappa shape index (κ3) is 4.37. The van der Waals surface area contributed by atoms with E-state index in [2.05, 4.69) is 20.8 Å². The highest BCUT2D eigenvalue weighted by Gasteiger charge is 2.23. The fraction of sp³-hybridized carbons (Fsp3) is 0.400. The molecule has 0 spiro atoms. The highest BCUT2D eigenvalue weighted by atomic mass is 35.5. The van der Waals surface area contributed by atoms with Crippen molar-refractivity contribution in [1.82, 2.24) is 15.5 Å². The Labute approximate surface area is 148 Å². The summed E-state index contributed by atoms with van der Waals surface area (Å²) in [6, 6.07) is 5.77. The normalized spacial score (nSPS) is 18.3. The zero-order valence-electron chi connectivity index (χ0n) is 12.6. The Bertz CT molecular complexity index is 707. The number of carbonyl (C=O) groups is 1. The van der Waals surface area contributed by atoms with Crippen LogP contribution in [0.1, 0.15) is 24.8 Å². The van der Waals surface area contributed by atoms with Gasteiger partial charge in [-0.3, -0.25) is 4.79 Å². The van der Waals surface area contributed by atoms with Gasteiger partial charge in [-0.15, -0.1) is 10.2 Å². The van der Waals surface area contributed by atoms with Crippen LogP contribution in [-0.2, 0) is 4.79 Å². The summed E-state index contributed by atoms with van der Waals surface area (Å²) in [4.78, 5) is 12.0. The van der Waals surface area contributed by atoms with E-state index in [0.717, 1.165) is 41.4 Å². The molecule has 2 heterocycles. The molecule has 1 amide bonds. The number of rotatable bonds is 4. The van der Waals surface area contributed by atoms with E-state index < -0.39 is 0 Å². The molecule has 1 atom stereocenters. The average Bonchev–Trinajstić information content (AvgIpc) is 2.86. The van der Waals surface area contributed by atoms with E-state index in [1.807, 2.05) is 25.1 Å². The summed E-state index contributed by atoms with van der Waals surface area (Å²) in [6.07, 6.45) is 2.98. The molecule has 1 fully saturated rings.